The van der Waals surface area contributed by atoms with E-state index in [1.165, 1.54) is 27.7 Å². The van der Waals surface area contributed by atoms with Gasteiger partial charge in [-0.15, -0.1) is 11.3 Å². The summed E-state index contributed by atoms with van der Waals surface area (Å²) in [6.07, 6.45) is 1.01. The largest absolute Gasteiger partial charge is 0.486 e. The summed E-state index contributed by atoms with van der Waals surface area (Å²) in [6, 6.07) is 14.6. The molecule has 0 bridgehead atoms. The van der Waals surface area contributed by atoms with E-state index in [1.54, 1.807) is 11.3 Å². The van der Waals surface area contributed by atoms with Gasteiger partial charge in [0, 0.05) is 33.5 Å². The van der Waals surface area contributed by atoms with Crippen LogP contribution in [0.5, 0.6) is 5.75 Å². The highest BCUT2D eigenvalue weighted by atomic mass is 35.5. The van der Waals surface area contributed by atoms with Crippen molar-refractivity contribution >= 4 is 33.8 Å². The van der Waals surface area contributed by atoms with Gasteiger partial charge in [0.05, 0.1) is 5.69 Å². The monoisotopic (exact) mass is 480 g/mol. The molecule has 0 N–H and O–H groups in total. The summed E-state index contributed by atoms with van der Waals surface area (Å²) in [7, 11) is 0. The van der Waals surface area contributed by atoms with Crippen LogP contribution in [0.15, 0.2) is 47.8 Å². The number of benzene rings is 2. The van der Waals surface area contributed by atoms with Crippen LogP contribution in [0.25, 0.3) is 10.9 Å². The lowest BCUT2D eigenvalue weighted by Crippen LogP contribution is -2.15. The third-order valence-electron chi connectivity index (χ3n) is 5.90. The average molecular weight is 481 g/mol. The Labute approximate surface area is 206 Å². The first kappa shape index (κ1) is 23.8. The van der Waals surface area contributed by atoms with E-state index in [4.69, 9.17) is 21.3 Å². The van der Waals surface area contributed by atoms with Gasteiger partial charge in [-0.2, -0.15) is 0 Å². The van der Waals surface area contributed by atoms with Crippen molar-refractivity contribution in [1.29, 1.82) is 0 Å². The predicted molar refractivity (Wildman–Crippen MR) is 141 cm³/mol. The molecule has 0 atom stereocenters. The van der Waals surface area contributed by atoms with Crippen molar-refractivity contribution in [3.63, 3.8) is 0 Å². The molecular formula is C28H33ClN2OS. The van der Waals surface area contributed by atoms with E-state index in [2.05, 4.69) is 81.8 Å². The van der Waals surface area contributed by atoms with Crippen LogP contribution in [0.4, 0.5) is 0 Å². The highest BCUT2D eigenvalue weighted by Gasteiger charge is 2.21. The van der Waals surface area contributed by atoms with Gasteiger partial charge in [-0.1, -0.05) is 58.4 Å². The standard InChI is InChI=1S/C28H33ClN2OS/c1-18(2)24-17-33-27(30-24)16-32-22-11-12-25-23(13-22)19(3)26(14-28(4,5)6)31(25)15-20-7-9-21(29)10-8-20/h7-13,17-18H,14-16H2,1-6H3. The molecule has 4 rings (SSSR count). The van der Waals surface area contributed by atoms with Crippen LogP contribution in [0.3, 0.4) is 0 Å². The van der Waals surface area contributed by atoms with Gasteiger partial charge in [-0.3, -0.25) is 0 Å². The average Bonchev–Trinajstić information content (AvgIpc) is 3.32. The van der Waals surface area contributed by atoms with E-state index in [-0.39, 0.29) is 5.41 Å². The molecule has 2 heterocycles. The Bertz CT molecular complexity index is 1250. The molecule has 0 aliphatic heterocycles. The van der Waals surface area contributed by atoms with Crippen LogP contribution in [-0.2, 0) is 19.6 Å². The first-order valence-electron chi connectivity index (χ1n) is 11.5. The second-order valence-electron chi connectivity index (χ2n) is 10.3. The molecule has 0 saturated heterocycles. The molecule has 33 heavy (non-hydrogen) atoms. The lowest BCUT2D eigenvalue weighted by atomic mass is 9.89. The first-order valence-corrected chi connectivity index (χ1v) is 12.8. The molecule has 0 spiro atoms. The summed E-state index contributed by atoms with van der Waals surface area (Å²) in [5.41, 5.74) is 6.52. The zero-order valence-corrected chi connectivity index (χ0v) is 22.0. The van der Waals surface area contributed by atoms with Crippen molar-refractivity contribution in [3.8, 4) is 5.75 Å². The molecule has 0 aliphatic carbocycles. The smallest absolute Gasteiger partial charge is 0.140 e. The minimum Gasteiger partial charge on any atom is -0.486 e. The Balaban J connectivity index is 1.66. The Kier molecular flexibility index (Phi) is 6.88. The Morgan fingerprint density at radius 1 is 1.09 bits per heavy atom. The molecule has 2 aromatic heterocycles. The SMILES string of the molecule is Cc1c(CC(C)(C)C)n(Cc2ccc(Cl)cc2)c2ccc(OCc3nc(C(C)C)cs3)cc12. The Morgan fingerprint density at radius 3 is 2.45 bits per heavy atom. The zero-order chi connectivity index (χ0) is 23.8. The van der Waals surface area contributed by atoms with Gasteiger partial charge >= 0.3 is 0 Å². The summed E-state index contributed by atoms with van der Waals surface area (Å²) in [6.45, 7) is 14.8. The molecule has 5 heteroatoms. The maximum Gasteiger partial charge on any atom is 0.140 e. The topological polar surface area (TPSA) is 27.1 Å². The van der Waals surface area contributed by atoms with Crippen LogP contribution in [0.1, 0.15) is 68.1 Å². The molecule has 0 aliphatic rings. The van der Waals surface area contributed by atoms with Crippen molar-refractivity contribution in [2.45, 2.75) is 67.0 Å². The minimum atomic E-state index is 0.190. The van der Waals surface area contributed by atoms with E-state index in [1.807, 2.05) is 12.1 Å². The van der Waals surface area contributed by atoms with Crippen molar-refractivity contribution < 1.29 is 4.74 Å². The number of rotatable bonds is 7. The third kappa shape index (κ3) is 5.62. The first-order chi connectivity index (χ1) is 15.6. The quantitative estimate of drug-likeness (QED) is 0.265. The predicted octanol–water partition coefficient (Wildman–Crippen LogP) is 8.40. The van der Waals surface area contributed by atoms with Crippen LogP contribution in [0.2, 0.25) is 5.02 Å². The molecular weight excluding hydrogens is 448 g/mol. The highest BCUT2D eigenvalue weighted by molar-refractivity contribution is 7.09. The lowest BCUT2D eigenvalue weighted by molar-refractivity contribution is 0.305. The number of nitrogens with zero attached hydrogens (tertiary/aromatic N) is 2. The molecule has 0 amide bonds. The number of aromatic nitrogens is 2. The molecule has 0 unspecified atom stereocenters. The molecule has 4 aromatic rings. The number of aryl methyl sites for hydroxylation is 1. The minimum absolute atomic E-state index is 0.190. The summed E-state index contributed by atoms with van der Waals surface area (Å²) in [4.78, 5) is 4.70. The second-order valence-corrected chi connectivity index (χ2v) is 11.7. The molecule has 0 fully saturated rings. The molecule has 0 saturated carbocycles. The molecule has 0 radical (unpaired) electrons. The fourth-order valence-electron chi connectivity index (χ4n) is 4.13. The molecule has 174 valence electrons. The van der Waals surface area contributed by atoms with Gasteiger partial charge in [-0.25, -0.2) is 4.98 Å². The summed E-state index contributed by atoms with van der Waals surface area (Å²) < 4.78 is 8.61. The van der Waals surface area contributed by atoms with Gasteiger partial charge in [0.15, 0.2) is 0 Å². The Hall–Kier alpha value is -2.30. The summed E-state index contributed by atoms with van der Waals surface area (Å²) in [5.74, 6) is 1.33. The number of ether oxygens (including phenoxy) is 1. The maximum atomic E-state index is 6.15. The fourth-order valence-corrected chi connectivity index (χ4v) is 5.12. The van der Waals surface area contributed by atoms with Gasteiger partial charge < -0.3 is 9.30 Å². The van der Waals surface area contributed by atoms with E-state index in [9.17, 15) is 0 Å². The van der Waals surface area contributed by atoms with Gasteiger partial charge in [0.1, 0.15) is 17.4 Å². The van der Waals surface area contributed by atoms with Crippen LogP contribution in [-0.4, -0.2) is 9.55 Å². The van der Waals surface area contributed by atoms with E-state index < -0.39 is 0 Å². The highest BCUT2D eigenvalue weighted by Crippen LogP contribution is 2.34. The number of fused-ring (bicyclic) bond motifs is 1. The Morgan fingerprint density at radius 2 is 1.82 bits per heavy atom. The fraction of sp³-hybridized carbons (Fsp3) is 0.393. The van der Waals surface area contributed by atoms with E-state index in [0.717, 1.165) is 34.4 Å². The lowest BCUT2D eigenvalue weighted by Gasteiger charge is -2.21. The summed E-state index contributed by atoms with van der Waals surface area (Å²) in [5, 5.41) is 5.17. The van der Waals surface area contributed by atoms with Gasteiger partial charge in [0.2, 0.25) is 0 Å². The van der Waals surface area contributed by atoms with E-state index >= 15 is 0 Å². The van der Waals surface area contributed by atoms with Gasteiger partial charge in [-0.05, 0) is 66.1 Å². The summed E-state index contributed by atoms with van der Waals surface area (Å²) >= 11 is 7.79. The number of thiazole rings is 1. The van der Waals surface area contributed by atoms with E-state index in [0.29, 0.717) is 12.5 Å². The third-order valence-corrected chi connectivity index (χ3v) is 6.99. The van der Waals surface area contributed by atoms with Crippen molar-refractivity contribution in [2.24, 2.45) is 5.41 Å². The van der Waals surface area contributed by atoms with Crippen molar-refractivity contribution in [1.82, 2.24) is 9.55 Å². The van der Waals surface area contributed by atoms with Gasteiger partial charge in [0.25, 0.3) is 0 Å². The molecule has 3 nitrogen and oxygen atoms in total. The van der Waals surface area contributed by atoms with Crippen molar-refractivity contribution in [3.05, 3.63) is 80.4 Å². The molecule has 2 aromatic carbocycles. The number of halogens is 1. The zero-order valence-electron chi connectivity index (χ0n) is 20.4. The van der Waals surface area contributed by atoms with Crippen LogP contribution in [0, 0.1) is 12.3 Å². The van der Waals surface area contributed by atoms with Crippen molar-refractivity contribution in [2.75, 3.05) is 0 Å². The number of hydrogen-bond donors (Lipinski definition) is 0. The maximum absolute atomic E-state index is 6.15. The number of hydrogen-bond acceptors (Lipinski definition) is 3. The normalized spacial score (nSPS) is 12.1. The van der Waals surface area contributed by atoms with Crippen LogP contribution < -0.4 is 4.74 Å². The second kappa shape index (κ2) is 9.52. The van der Waals surface area contributed by atoms with Crippen LogP contribution >= 0.6 is 22.9 Å².